The number of carbonyl (C=O) groups is 2. The molecule has 0 radical (unpaired) electrons. The van der Waals surface area contributed by atoms with Gasteiger partial charge in [0.2, 0.25) is 11.8 Å². The van der Waals surface area contributed by atoms with E-state index in [2.05, 4.69) is 12.2 Å². The molecule has 2 fully saturated rings. The molecule has 1 saturated heterocycles. The number of carbonyl (C=O) groups excluding carboxylic acids is 2. The number of para-hydroxylation sites is 1. The first-order valence-electron chi connectivity index (χ1n) is 8.41. The Hall–Kier alpha value is -1.55. The van der Waals surface area contributed by atoms with Crippen molar-refractivity contribution in [2.45, 2.75) is 45.1 Å². The van der Waals surface area contributed by atoms with Crippen LogP contribution in [0.1, 0.15) is 39.0 Å². The smallest absolute Gasteiger partial charge is 0.227 e. The van der Waals surface area contributed by atoms with Crippen LogP contribution in [0.5, 0.6) is 0 Å². The third-order valence-electron chi connectivity index (χ3n) is 5.08. The standard InChI is InChI=1S/C18H23ClN2O2/c1-12-6-2-4-8-15(12)20-18(23)13-10-17(22)21(11-13)16-9-5-3-7-14(16)19/h3,5,7,9,12-13,15H,2,4,6,8,10-11H2,1H3,(H,20,23)/t12-,13-,15+/m1/s1. The Labute approximate surface area is 142 Å². The molecule has 1 aromatic carbocycles. The summed E-state index contributed by atoms with van der Waals surface area (Å²) in [5, 5.41) is 3.71. The Kier molecular flexibility index (Phi) is 4.90. The highest BCUT2D eigenvalue weighted by Crippen LogP contribution is 2.31. The van der Waals surface area contributed by atoms with E-state index in [1.54, 1.807) is 11.0 Å². The Morgan fingerprint density at radius 3 is 2.74 bits per heavy atom. The second-order valence-corrected chi connectivity index (χ2v) is 7.14. The summed E-state index contributed by atoms with van der Waals surface area (Å²) < 4.78 is 0. The number of rotatable bonds is 3. The van der Waals surface area contributed by atoms with E-state index in [-0.39, 0.29) is 30.2 Å². The van der Waals surface area contributed by atoms with Gasteiger partial charge in [0, 0.05) is 19.0 Å². The summed E-state index contributed by atoms with van der Waals surface area (Å²) in [7, 11) is 0. The number of halogens is 1. The van der Waals surface area contributed by atoms with Gasteiger partial charge in [-0.1, -0.05) is 43.5 Å². The van der Waals surface area contributed by atoms with Crippen LogP contribution in [0.4, 0.5) is 5.69 Å². The number of nitrogens with zero attached hydrogens (tertiary/aromatic N) is 1. The molecule has 4 nitrogen and oxygen atoms in total. The first-order valence-corrected chi connectivity index (χ1v) is 8.79. The SMILES string of the molecule is C[C@@H]1CCCC[C@@H]1NC(=O)[C@@H]1CC(=O)N(c2ccccc2Cl)C1. The number of amides is 2. The van der Waals surface area contributed by atoms with Gasteiger partial charge in [0.1, 0.15) is 0 Å². The summed E-state index contributed by atoms with van der Waals surface area (Å²) >= 11 is 6.18. The third-order valence-corrected chi connectivity index (χ3v) is 5.40. The van der Waals surface area contributed by atoms with E-state index in [9.17, 15) is 9.59 Å². The lowest BCUT2D eigenvalue weighted by Crippen LogP contribution is -2.44. The molecule has 2 amide bonds. The molecule has 0 aromatic heterocycles. The van der Waals surface area contributed by atoms with Crippen LogP contribution >= 0.6 is 11.6 Å². The lowest BCUT2D eigenvalue weighted by Gasteiger charge is -2.30. The van der Waals surface area contributed by atoms with Crippen LogP contribution in [0.2, 0.25) is 5.02 Å². The van der Waals surface area contributed by atoms with E-state index in [1.807, 2.05) is 18.2 Å². The summed E-state index contributed by atoms with van der Waals surface area (Å²) in [4.78, 5) is 26.5. The van der Waals surface area contributed by atoms with Crippen LogP contribution in [-0.2, 0) is 9.59 Å². The van der Waals surface area contributed by atoms with Gasteiger partial charge < -0.3 is 10.2 Å². The highest BCUT2D eigenvalue weighted by Gasteiger charge is 2.37. The fourth-order valence-electron chi connectivity index (χ4n) is 3.62. The topological polar surface area (TPSA) is 49.4 Å². The predicted octanol–water partition coefficient (Wildman–Crippen LogP) is 3.39. The second kappa shape index (κ2) is 6.91. The number of hydrogen-bond donors (Lipinski definition) is 1. The summed E-state index contributed by atoms with van der Waals surface area (Å²) in [5.74, 6) is 0.207. The van der Waals surface area contributed by atoms with Gasteiger partial charge in [-0.2, -0.15) is 0 Å². The Bertz CT molecular complexity index is 604. The number of anilines is 1. The molecule has 1 aromatic rings. The molecular weight excluding hydrogens is 312 g/mol. The van der Waals surface area contributed by atoms with Crippen molar-refractivity contribution in [2.24, 2.45) is 11.8 Å². The minimum Gasteiger partial charge on any atom is -0.353 e. The fourth-order valence-corrected chi connectivity index (χ4v) is 3.86. The van der Waals surface area contributed by atoms with Gasteiger partial charge in [0.25, 0.3) is 0 Å². The van der Waals surface area contributed by atoms with Gasteiger partial charge in [-0.25, -0.2) is 0 Å². The molecule has 2 aliphatic rings. The lowest BCUT2D eigenvalue weighted by molar-refractivity contribution is -0.127. The zero-order valence-corrected chi connectivity index (χ0v) is 14.2. The van der Waals surface area contributed by atoms with Crippen molar-refractivity contribution in [1.82, 2.24) is 5.32 Å². The summed E-state index contributed by atoms with van der Waals surface area (Å²) in [6.07, 6.45) is 4.89. The first-order chi connectivity index (χ1) is 11.1. The van der Waals surface area contributed by atoms with Crippen molar-refractivity contribution in [1.29, 1.82) is 0 Å². The van der Waals surface area contributed by atoms with Gasteiger partial charge in [-0.15, -0.1) is 0 Å². The van der Waals surface area contributed by atoms with Crippen LogP contribution in [0.25, 0.3) is 0 Å². The summed E-state index contributed by atoms with van der Waals surface area (Å²) in [5.41, 5.74) is 0.695. The fraction of sp³-hybridized carbons (Fsp3) is 0.556. The van der Waals surface area contributed by atoms with E-state index in [1.165, 1.54) is 19.3 Å². The van der Waals surface area contributed by atoms with Crippen LogP contribution in [0.15, 0.2) is 24.3 Å². The maximum Gasteiger partial charge on any atom is 0.227 e. The molecule has 0 spiro atoms. The second-order valence-electron chi connectivity index (χ2n) is 6.73. The lowest BCUT2D eigenvalue weighted by atomic mass is 9.85. The van der Waals surface area contributed by atoms with Gasteiger partial charge >= 0.3 is 0 Å². The minimum absolute atomic E-state index is 0.00616. The van der Waals surface area contributed by atoms with Crippen LogP contribution in [0, 0.1) is 11.8 Å². The molecule has 1 aliphatic heterocycles. The maximum atomic E-state index is 12.5. The highest BCUT2D eigenvalue weighted by atomic mass is 35.5. The van der Waals surface area contributed by atoms with E-state index in [4.69, 9.17) is 11.6 Å². The monoisotopic (exact) mass is 334 g/mol. The van der Waals surface area contributed by atoms with Crippen molar-refractivity contribution >= 4 is 29.1 Å². The first kappa shape index (κ1) is 16.3. The van der Waals surface area contributed by atoms with E-state index >= 15 is 0 Å². The third kappa shape index (κ3) is 3.52. The molecule has 0 bridgehead atoms. The zero-order valence-electron chi connectivity index (χ0n) is 13.4. The highest BCUT2D eigenvalue weighted by molar-refractivity contribution is 6.33. The number of hydrogen-bond acceptors (Lipinski definition) is 2. The van der Waals surface area contributed by atoms with E-state index in [0.717, 1.165) is 6.42 Å². The molecule has 23 heavy (non-hydrogen) atoms. The van der Waals surface area contributed by atoms with Crippen molar-refractivity contribution in [2.75, 3.05) is 11.4 Å². The van der Waals surface area contributed by atoms with Gasteiger partial charge in [0.05, 0.1) is 16.6 Å². The van der Waals surface area contributed by atoms with Crippen LogP contribution in [-0.4, -0.2) is 24.4 Å². The molecule has 3 rings (SSSR count). The molecule has 1 aliphatic carbocycles. The zero-order chi connectivity index (χ0) is 16.4. The number of benzene rings is 1. The quantitative estimate of drug-likeness (QED) is 0.921. The van der Waals surface area contributed by atoms with Crippen LogP contribution < -0.4 is 10.2 Å². The van der Waals surface area contributed by atoms with Gasteiger partial charge in [-0.05, 0) is 30.9 Å². The largest absolute Gasteiger partial charge is 0.353 e. The van der Waals surface area contributed by atoms with Crippen molar-refractivity contribution in [3.8, 4) is 0 Å². The molecule has 5 heteroatoms. The van der Waals surface area contributed by atoms with Crippen molar-refractivity contribution in [3.63, 3.8) is 0 Å². The maximum absolute atomic E-state index is 12.5. The van der Waals surface area contributed by atoms with Crippen molar-refractivity contribution < 1.29 is 9.59 Å². The molecule has 0 unspecified atom stereocenters. The Morgan fingerprint density at radius 2 is 2.00 bits per heavy atom. The molecule has 1 N–H and O–H groups in total. The summed E-state index contributed by atoms with van der Waals surface area (Å²) in [6.45, 7) is 2.61. The molecule has 1 heterocycles. The van der Waals surface area contributed by atoms with Gasteiger partial charge in [0.15, 0.2) is 0 Å². The predicted molar refractivity (Wildman–Crippen MR) is 91.5 cm³/mol. The average molecular weight is 335 g/mol. The summed E-state index contributed by atoms with van der Waals surface area (Å²) in [6, 6.07) is 7.53. The molecular formula is C18H23ClN2O2. The number of nitrogens with one attached hydrogen (secondary N) is 1. The Balaban J connectivity index is 1.65. The van der Waals surface area contributed by atoms with E-state index in [0.29, 0.717) is 23.2 Å². The molecule has 124 valence electrons. The average Bonchev–Trinajstić information content (AvgIpc) is 2.92. The minimum atomic E-state index is -0.284. The molecule has 1 saturated carbocycles. The van der Waals surface area contributed by atoms with Gasteiger partial charge in [-0.3, -0.25) is 9.59 Å². The molecule has 3 atom stereocenters. The van der Waals surface area contributed by atoms with E-state index < -0.39 is 0 Å². The normalized spacial score (nSPS) is 28.0. The Morgan fingerprint density at radius 1 is 1.26 bits per heavy atom. The van der Waals surface area contributed by atoms with Crippen LogP contribution in [0.3, 0.4) is 0 Å². The van der Waals surface area contributed by atoms with Crippen molar-refractivity contribution in [3.05, 3.63) is 29.3 Å².